The molecule has 1 fully saturated rings. The second kappa shape index (κ2) is 5.41. The zero-order valence-corrected chi connectivity index (χ0v) is 11.5. The Hall–Kier alpha value is -0.220. The molecule has 1 amide bonds. The largest absolute Gasteiger partial charge is 0.393 e. The Balaban J connectivity index is 2.66. The molecule has 0 spiro atoms. The highest BCUT2D eigenvalue weighted by Gasteiger charge is 2.33. The summed E-state index contributed by atoms with van der Waals surface area (Å²) < 4.78 is 0.144. The molecule has 0 saturated carbocycles. The summed E-state index contributed by atoms with van der Waals surface area (Å²) in [5.41, 5.74) is 0. The van der Waals surface area contributed by atoms with E-state index in [0.29, 0.717) is 6.42 Å². The van der Waals surface area contributed by atoms with Crippen molar-refractivity contribution in [2.24, 2.45) is 5.92 Å². The number of hydrogen-bond acceptors (Lipinski definition) is 3. The monoisotopic (exact) mass is 245 g/mol. The van der Waals surface area contributed by atoms with Crippen LogP contribution in [-0.4, -0.2) is 45.6 Å². The van der Waals surface area contributed by atoms with Gasteiger partial charge < -0.3 is 10.0 Å². The van der Waals surface area contributed by atoms with Crippen LogP contribution >= 0.6 is 11.8 Å². The normalized spacial score (nSPS) is 23.9. The number of amides is 1. The Labute approximate surface area is 103 Å². The van der Waals surface area contributed by atoms with Gasteiger partial charge in [-0.05, 0) is 27.2 Å². The minimum atomic E-state index is -0.546. The predicted octanol–water partition coefficient (Wildman–Crippen LogP) is 1.75. The molecule has 1 aliphatic rings. The maximum atomic E-state index is 12.2. The van der Waals surface area contributed by atoms with Crippen LogP contribution in [0.2, 0.25) is 0 Å². The molecule has 0 aromatic rings. The van der Waals surface area contributed by atoms with Crippen molar-refractivity contribution in [1.29, 1.82) is 0 Å². The minimum absolute atomic E-state index is 0.117. The maximum absolute atomic E-state index is 12.2. The van der Waals surface area contributed by atoms with Crippen molar-refractivity contribution in [3.8, 4) is 0 Å². The first-order valence-electron chi connectivity index (χ1n) is 5.98. The van der Waals surface area contributed by atoms with E-state index in [4.69, 9.17) is 0 Å². The highest BCUT2D eigenvalue weighted by atomic mass is 32.2. The number of carbonyl (C=O) groups excluding carboxylic acids is 1. The van der Waals surface area contributed by atoms with Gasteiger partial charge in [-0.2, -0.15) is 11.8 Å². The number of hydrogen-bond donors (Lipinski definition) is 1. The van der Waals surface area contributed by atoms with Gasteiger partial charge in [-0.25, -0.2) is 0 Å². The van der Waals surface area contributed by atoms with Gasteiger partial charge in [-0.1, -0.05) is 6.92 Å². The van der Waals surface area contributed by atoms with Crippen LogP contribution in [0.4, 0.5) is 0 Å². The molecular formula is C12H23NO2S. The highest BCUT2D eigenvalue weighted by molar-refractivity contribution is 8.00. The zero-order chi connectivity index (χ0) is 12.3. The average Bonchev–Trinajstić information content (AvgIpc) is 2.16. The van der Waals surface area contributed by atoms with Crippen LogP contribution in [0.1, 0.15) is 34.1 Å². The molecule has 0 aromatic carbocycles. The molecule has 1 N–H and O–H groups in total. The predicted molar refractivity (Wildman–Crippen MR) is 68.6 cm³/mol. The summed E-state index contributed by atoms with van der Waals surface area (Å²) >= 11 is 1.91. The Morgan fingerprint density at radius 1 is 1.56 bits per heavy atom. The number of aliphatic hydroxyl groups is 1. The van der Waals surface area contributed by atoms with Gasteiger partial charge in [0.1, 0.15) is 0 Å². The lowest BCUT2D eigenvalue weighted by molar-refractivity contribution is -0.139. The highest BCUT2D eigenvalue weighted by Crippen LogP contribution is 2.30. The van der Waals surface area contributed by atoms with Crippen molar-refractivity contribution in [1.82, 2.24) is 4.90 Å². The molecule has 16 heavy (non-hydrogen) atoms. The third-order valence-corrected chi connectivity index (χ3v) is 4.37. The van der Waals surface area contributed by atoms with E-state index in [-0.39, 0.29) is 16.6 Å². The molecule has 3 nitrogen and oxygen atoms in total. The Kier molecular flexibility index (Phi) is 4.68. The van der Waals surface area contributed by atoms with Crippen LogP contribution in [-0.2, 0) is 4.79 Å². The van der Waals surface area contributed by atoms with E-state index in [9.17, 15) is 9.90 Å². The molecule has 0 radical (unpaired) electrons. The molecule has 0 bridgehead atoms. The first kappa shape index (κ1) is 13.8. The summed E-state index contributed by atoms with van der Waals surface area (Å²) in [6, 6.07) is 0. The lowest BCUT2D eigenvalue weighted by Gasteiger charge is -2.39. The summed E-state index contributed by atoms with van der Waals surface area (Å²) in [5.74, 6) is 0.874. The van der Waals surface area contributed by atoms with E-state index >= 15 is 0 Å². The van der Waals surface area contributed by atoms with Crippen LogP contribution < -0.4 is 0 Å². The van der Waals surface area contributed by atoms with Crippen molar-refractivity contribution in [3.63, 3.8) is 0 Å². The first-order valence-corrected chi connectivity index (χ1v) is 6.97. The maximum Gasteiger partial charge on any atom is 0.228 e. The summed E-state index contributed by atoms with van der Waals surface area (Å²) in [4.78, 5) is 14.1. The lowest BCUT2D eigenvalue weighted by atomic mass is 9.98. The number of aliphatic hydroxyl groups excluding tert-OH is 1. The van der Waals surface area contributed by atoms with E-state index in [1.54, 1.807) is 6.92 Å². The molecule has 0 aromatic heterocycles. The van der Waals surface area contributed by atoms with Crippen molar-refractivity contribution in [3.05, 3.63) is 0 Å². The van der Waals surface area contributed by atoms with Crippen LogP contribution in [0.15, 0.2) is 0 Å². The van der Waals surface area contributed by atoms with E-state index in [1.807, 2.05) is 23.6 Å². The fourth-order valence-electron chi connectivity index (χ4n) is 2.16. The third-order valence-electron chi connectivity index (χ3n) is 3.08. The Morgan fingerprint density at radius 2 is 2.19 bits per heavy atom. The van der Waals surface area contributed by atoms with E-state index in [0.717, 1.165) is 18.8 Å². The van der Waals surface area contributed by atoms with Gasteiger partial charge in [0.2, 0.25) is 5.91 Å². The second-order valence-electron chi connectivity index (χ2n) is 5.12. The minimum Gasteiger partial charge on any atom is -0.393 e. The molecule has 1 rings (SSSR count). The average molecular weight is 245 g/mol. The molecule has 0 unspecified atom stereocenters. The first-order chi connectivity index (χ1) is 7.37. The Morgan fingerprint density at radius 3 is 2.62 bits per heavy atom. The molecular weight excluding hydrogens is 222 g/mol. The van der Waals surface area contributed by atoms with Crippen LogP contribution in [0, 0.1) is 5.92 Å². The molecule has 1 saturated heterocycles. The number of thioether (sulfide) groups is 1. The van der Waals surface area contributed by atoms with Crippen molar-refractivity contribution in [2.45, 2.75) is 45.0 Å². The summed E-state index contributed by atoms with van der Waals surface area (Å²) in [6.45, 7) is 9.60. The summed E-state index contributed by atoms with van der Waals surface area (Å²) in [6.07, 6.45) is 0.163. The fraction of sp³-hybridized carbons (Fsp3) is 0.917. The lowest BCUT2D eigenvalue weighted by Crippen LogP contribution is -2.49. The molecule has 4 heteroatoms. The van der Waals surface area contributed by atoms with E-state index in [2.05, 4.69) is 13.8 Å². The van der Waals surface area contributed by atoms with Crippen LogP contribution in [0.5, 0.6) is 0 Å². The summed E-state index contributed by atoms with van der Waals surface area (Å²) in [7, 11) is 0. The van der Waals surface area contributed by atoms with Crippen molar-refractivity contribution in [2.75, 3.05) is 18.8 Å². The van der Waals surface area contributed by atoms with Gasteiger partial charge in [-0.15, -0.1) is 0 Å². The number of carbonyl (C=O) groups is 1. The molecule has 0 aliphatic carbocycles. The molecule has 1 aliphatic heterocycles. The standard InChI is InChI=1S/C12H23NO2S/c1-5-10(9(2)14)11(15)13-6-7-16-12(3,4)8-13/h9-10,14H,5-8H2,1-4H3/t9-,10-/m0/s1. The van der Waals surface area contributed by atoms with E-state index < -0.39 is 6.10 Å². The van der Waals surface area contributed by atoms with E-state index in [1.165, 1.54) is 0 Å². The van der Waals surface area contributed by atoms with Gasteiger partial charge >= 0.3 is 0 Å². The second-order valence-corrected chi connectivity index (χ2v) is 6.93. The van der Waals surface area contributed by atoms with Crippen LogP contribution in [0.25, 0.3) is 0 Å². The molecule has 94 valence electrons. The quantitative estimate of drug-likeness (QED) is 0.823. The van der Waals surface area contributed by atoms with Gasteiger partial charge in [0, 0.05) is 23.6 Å². The van der Waals surface area contributed by atoms with Gasteiger partial charge in [-0.3, -0.25) is 4.79 Å². The number of rotatable bonds is 3. The zero-order valence-electron chi connectivity index (χ0n) is 10.7. The van der Waals surface area contributed by atoms with Crippen molar-refractivity contribution >= 4 is 17.7 Å². The van der Waals surface area contributed by atoms with Gasteiger partial charge in [0.15, 0.2) is 0 Å². The molecule has 2 atom stereocenters. The fourth-order valence-corrected chi connectivity index (χ4v) is 3.27. The van der Waals surface area contributed by atoms with Crippen molar-refractivity contribution < 1.29 is 9.90 Å². The third kappa shape index (κ3) is 3.39. The van der Waals surface area contributed by atoms with Gasteiger partial charge in [0.05, 0.1) is 12.0 Å². The summed E-state index contributed by atoms with van der Waals surface area (Å²) in [5, 5.41) is 9.59. The van der Waals surface area contributed by atoms with Gasteiger partial charge in [0.25, 0.3) is 0 Å². The molecule has 1 heterocycles. The Bertz CT molecular complexity index is 253. The smallest absolute Gasteiger partial charge is 0.228 e. The van der Waals surface area contributed by atoms with Crippen LogP contribution in [0.3, 0.4) is 0 Å². The topological polar surface area (TPSA) is 40.5 Å². The SMILES string of the molecule is CC[C@H](C(=O)N1CCSC(C)(C)C1)[C@H](C)O. The number of nitrogens with zero attached hydrogens (tertiary/aromatic N) is 1.